The molecule has 0 aromatic heterocycles. The van der Waals surface area contributed by atoms with E-state index in [4.69, 9.17) is 16.3 Å². The Labute approximate surface area is 159 Å². The highest BCUT2D eigenvalue weighted by atomic mass is 127. The van der Waals surface area contributed by atoms with Crippen molar-refractivity contribution in [1.29, 1.82) is 5.26 Å². The van der Waals surface area contributed by atoms with E-state index in [0.717, 1.165) is 9.13 Å². The normalized spacial score (nSPS) is 10.9. The van der Waals surface area contributed by atoms with E-state index in [1.807, 2.05) is 18.2 Å². The molecule has 4 nitrogen and oxygen atoms in total. The summed E-state index contributed by atoms with van der Waals surface area (Å²) in [5, 5.41) is 12.6. The molecule has 1 N–H and O–H groups in total. The highest BCUT2D eigenvalue weighted by molar-refractivity contribution is 14.1. The van der Waals surface area contributed by atoms with Crippen molar-refractivity contribution in [2.45, 2.75) is 6.92 Å². The van der Waals surface area contributed by atoms with Gasteiger partial charge >= 0.3 is 0 Å². The quantitative estimate of drug-likeness (QED) is 0.411. The summed E-state index contributed by atoms with van der Waals surface area (Å²) < 4.78 is 6.15. The van der Waals surface area contributed by atoms with Gasteiger partial charge in [0.2, 0.25) is 0 Å². The summed E-state index contributed by atoms with van der Waals surface area (Å²) >= 11 is 8.20. The number of halogens is 2. The number of methoxy groups -OCH3 is 1. The Kier molecular flexibility index (Phi) is 6.23. The number of hydrogen-bond acceptors (Lipinski definition) is 3. The van der Waals surface area contributed by atoms with E-state index in [-0.39, 0.29) is 5.57 Å². The summed E-state index contributed by atoms with van der Waals surface area (Å²) in [6.07, 6.45) is 1.53. The molecule has 2 aromatic rings. The first-order chi connectivity index (χ1) is 11.4. The molecule has 1 amide bonds. The van der Waals surface area contributed by atoms with Gasteiger partial charge in [-0.15, -0.1) is 0 Å². The smallest absolute Gasteiger partial charge is 0.266 e. The highest BCUT2D eigenvalue weighted by Crippen LogP contribution is 2.24. The number of nitrogens with zero attached hydrogens (tertiary/aromatic N) is 1. The van der Waals surface area contributed by atoms with E-state index in [9.17, 15) is 10.1 Å². The first-order valence-electron chi connectivity index (χ1n) is 6.97. The monoisotopic (exact) mass is 452 g/mol. The fourth-order valence-corrected chi connectivity index (χ4v) is 2.87. The van der Waals surface area contributed by atoms with E-state index in [1.54, 1.807) is 38.3 Å². The molecule has 24 heavy (non-hydrogen) atoms. The van der Waals surface area contributed by atoms with Crippen molar-refractivity contribution in [1.82, 2.24) is 0 Å². The van der Waals surface area contributed by atoms with Crippen molar-refractivity contribution >= 4 is 51.9 Å². The molecular weight excluding hydrogens is 439 g/mol. The molecule has 0 unspecified atom stereocenters. The van der Waals surface area contributed by atoms with Crippen LogP contribution in [0, 0.1) is 21.8 Å². The molecule has 2 aromatic carbocycles. The maximum Gasteiger partial charge on any atom is 0.266 e. The van der Waals surface area contributed by atoms with Gasteiger partial charge in [0.15, 0.2) is 0 Å². The van der Waals surface area contributed by atoms with E-state index in [1.165, 1.54) is 6.08 Å². The summed E-state index contributed by atoms with van der Waals surface area (Å²) in [5.41, 5.74) is 2.04. The fraction of sp³-hybridized carbons (Fsp3) is 0.111. The lowest BCUT2D eigenvalue weighted by Crippen LogP contribution is -2.14. The standard InChI is InChI=1S/C18H14ClIN2O2/c1-11-16(19)4-3-5-17(11)22-18(23)13(10-21)6-12-7-14(20)9-15(8-12)24-2/h3-9H,1-2H3,(H,22,23)/b13-6+. The van der Waals surface area contributed by atoms with Gasteiger partial charge in [-0.25, -0.2) is 0 Å². The Hall–Kier alpha value is -2.04. The van der Waals surface area contributed by atoms with Gasteiger partial charge in [0.25, 0.3) is 5.91 Å². The number of benzene rings is 2. The van der Waals surface area contributed by atoms with Gasteiger partial charge in [-0.3, -0.25) is 4.79 Å². The number of carbonyl (C=O) groups excluding carboxylic acids is 1. The van der Waals surface area contributed by atoms with Gasteiger partial charge in [0.05, 0.1) is 7.11 Å². The molecule has 0 saturated carbocycles. The van der Waals surface area contributed by atoms with Gasteiger partial charge in [0, 0.05) is 14.3 Å². The van der Waals surface area contributed by atoms with Crippen molar-refractivity contribution in [3.63, 3.8) is 0 Å². The average Bonchev–Trinajstić information content (AvgIpc) is 2.56. The minimum Gasteiger partial charge on any atom is -0.497 e. The van der Waals surface area contributed by atoms with E-state index in [0.29, 0.717) is 22.0 Å². The Bertz CT molecular complexity index is 857. The van der Waals surface area contributed by atoms with Crippen LogP contribution in [0.25, 0.3) is 6.08 Å². The molecule has 6 heteroatoms. The second kappa shape index (κ2) is 8.18. The lowest BCUT2D eigenvalue weighted by Gasteiger charge is -2.09. The third-order valence-electron chi connectivity index (χ3n) is 3.32. The molecule has 0 fully saturated rings. The number of nitriles is 1. The lowest BCUT2D eigenvalue weighted by atomic mass is 10.1. The highest BCUT2D eigenvalue weighted by Gasteiger charge is 2.12. The molecule has 0 aliphatic heterocycles. The maximum atomic E-state index is 12.4. The topological polar surface area (TPSA) is 62.1 Å². The second-order valence-corrected chi connectivity index (χ2v) is 6.61. The zero-order chi connectivity index (χ0) is 17.7. The largest absolute Gasteiger partial charge is 0.497 e. The van der Waals surface area contributed by atoms with Crippen LogP contribution < -0.4 is 10.1 Å². The average molecular weight is 453 g/mol. The van der Waals surface area contributed by atoms with Crippen LogP contribution in [0.2, 0.25) is 5.02 Å². The van der Waals surface area contributed by atoms with Crippen molar-refractivity contribution in [3.8, 4) is 11.8 Å². The van der Waals surface area contributed by atoms with Crippen molar-refractivity contribution in [2.75, 3.05) is 12.4 Å². The predicted octanol–water partition coefficient (Wildman–Crippen LogP) is 4.81. The van der Waals surface area contributed by atoms with Crippen LogP contribution >= 0.6 is 34.2 Å². The molecule has 0 saturated heterocycles. The van der Waals surface area contributed by atoms with Crippen LogP contribution in [0.5, 0.6) is 5.75 Å². The number of carbonyl (C=O) groups is 1. The SMILES string of the molecule is COc1cc(I)cc(/C=C(\C#N)C(=O)Nc2cccc(Cl)c2C)c1. The minimum absolute atomic E-state index is 0.00146. The van der Waals surface area contributed by atoms with Gasteiger partial charge in [0.1, 0.15) is 17.4 Å². The summed E-state index contributed by atoms with van der Waals surface area (Å²) in [5.74, 6) is 0.178. The third kappa shape index (κ3) is 4.49. The fourth-order valence-electron chi connectivity index (χ4n) is 2.03. The second-order valence-electron chi connectivity index (χ2n) is 4.96. The summed E-state index contributed by atoms with van der Waals surface area (Å²) in [7, 11) is 1.57. The van der Waals surface area contributed by atoms with Gasteiger partial charge in [-0.2, -0.15) is 5.26 Å². The summed E-state index contributed by atoms with van der Waals surface area (Å²) in [6.45, 7) is 1.80. The molecule has 0 aliphatic carbocycles. The lowest BCUT2D eigenvalue weighted by molar-refractivity contribution is -0.112. The van der Waals surface area contributed by atoms with E-state index >= 15 is 0 Å². The van der Waals surface area contributed by atoms with Crippen LogP contribution in [0.3, 0.4) is 0 Å². The molecule has 0 heterocycles. The number of ether oxygens (including phenoxy) is 1. The Morgan fingerprint density at radius 3 is 2.79 bits per heavy atom. The molecular formula is C18H14ClIN2O2. The Morgan fingerprint density at radius 1 is 1.38 bits per heavy atom. The van der Waals surface area contributed by atoms with Crippen LogP contribution in [-0.2, 0) is 4.79 Å². The summed E-state index contributed by atoms with van der Waals surface area (Å²) in [4.78, 5) is 12.4. The van der Waals surface area contributed by atoms with Crippen molar-refractivity contribution in [3.05, 3.63) is 61.7 Å². The first-order valence-corrected chi connectivity index (χ1v) is 8.43. The molecule has 0 bridgehead atoms. The van der Waals surface area contributed by atoms with Crippen LogP contribution in [0.1, 0.15) is 11.1 Å². The molecule has 0 aliphatic rings. The number of anilines is 1. The number of hydrogen-bond donors (Lipinski definition) is 1. The zero-order valence-electron chi connectivity index (χ0n) is 13.1. The van der Waals surface area contributed by atoms with Crippen LogP contribution in [-0.4, -0.2) is 13.0 Å². The molecule has 0 atom stereocenters. The summed E-state index contributed by atoms with van der Waals surface area (Å²) in [6, 6.07) is 12.6. The molecule has 2 rings (SSSR count). The van der Waals surface area contributed by atoms with E-state index in [2.05, 4.69) is 27.9 Å². The molecule has 0 spiro atoms. The van der Waals surface area contributed by atoms with Crippen LogP contribution in [0.4, 0.5) is 5.69 Å². The van der Waals surface area contributed by atoms with Gasteiger partial charge in [-0.1, -0.05) is 17.7 Å². The van der Waals surface area contributed by atoms with Gasteiger partial charge in [-0.05, 0) is 77.0 Å². The number of rotatable bonds is 4. The van der Waals surface area contributed by atoms with E-state index < -0.39 is 5.91 Å². The van der Waals surface area contributed by atoms with Gasteiger partial charge < -0.3 is 10.1 Å². The van der Waals surface area contributed by atoms with Crippen molar-refractivity contribution < 1.29 is 9.53 Å². The van der Waals surface area contributed by atoms with Crippen LogP contribution in [0.15, 0.2) is 42.0 Å². The van der Waals surface area contributed by atoms with Crippen molar-refractivity contribution in [2.24, 2.45) is 0 Å². The number of amides is 1. The zero-order valence-corrected chi connectivity index (χ0v) is 16.0. The Morgan fingerprint density at radius 2 is 2.12 bits per heavy atom. The number of nitrogens with one attached hydrogen (secondary N) is 1. The molecule has 0 radical (unpaired) electrons. The Balaban J connectivity index is 2.31. The predicted molar refractivity (Wildman–Crippen MR) is 104 cm³/mol. The first kappa shape index (κ1) is 18.3. The maximum absolute atomic E-state index is 12.4. The third-order valence-corrected chi connectivity index (χ3v) is 4.35. The molecule has 122 valence electrons. The minimum atomic E-state index is -0.485.